The van der Waals surface area contributed by atoms with Crippen molar-refractivity contribution in [2.45, 2.75) is 58.8 Å². The van der Waals surface area contributed by atoms with E-state index in [0.717, 1.165) is 17.1 Å². The Bertz CT molecular complexity index is 899. The van der Waals surface area contributed by atoms with E-state index in [9.17, 15) is 14.7 Å². The molecule has 1 atom stereocenters. The number of nitrogens with zero attached hydrogens (tertiary/aromatic N) is 3. The highest BCUT2D eigenvalue weighted by Crippen LogP contribution is 2.31. The number of hydrogen-bond acceptors (Lipinski definition) is 4. The van der Waals surface area contributed by atoms with Gasteiger partial charge in [0.25, 0.3) is 0 Å². The van der Waals surface area contributed by atoms with E-state index in [1.54, 1.807) is 0 Å². The average Bonchev–Trinajstić information content (AvgIpc) is 3.18. The maximum absolute atomic E-state index is 12.2. The molecular formula is C22H28N3O3-. The first-order valence-corrected chi connectivity index (χ1v) is 9.60. The molecule has 0 N–H and O–H groups in total. The zero-order valence-corrected chi connectivity index (χ0v) is 17.4. The van der Waals surface area contributed by atoms with Crippen molar-refractivity contribution in [1.82, 2.24) is 9.78 Å². The van der Waals surface area contributed by atoms with Gasteiger partial charge in [0.05, 0.1) is 11.4 Å². The van der Waals surface area contributed by atoms with Crippen LogP contribution in [0.4, 0.5) is 5.69 Å². The third-order valence-corrected chi connectivity index (χ3v) is 5.11. The van der Waals surface area contributed by atoms with E-state index in [4.69, 9.17) is 5.10 Å². The topological polar surface area (TPSA) is 78.3 Å². The van der Waals surface area contributed by atoms with Gasteiger partial charge in [0, 0.05) is 47.1 Å². The number of hydrogen-bond donors (Lipinski definition) is 0. The van der Waals surface area contributed by atoms with Crippen LogP contribution in [-0.2, 0) is 20.4 Å². The first-order valence-electron chi connectivity index (χ1n) is 9.60. The van der Waals surface area contributed by atoms with Crippen molar-refractivity contribution >= 4 is 17.6 Å². The van der Waals surface area contributed by atoms with Crippen LogP contribution in [-0.4, -0.2) is 28.2 Å². The number of carbonyl (C=O) groups is 2. The molecule has 2 aromatic rings. The molecule has 1 aromatic heterocycles. The van der Waals surface area contributed by atoms with Crippen molar-refractivity contribution in [3.05, 3.63) is 41.7 Å². The monoisotopic (exact) mass is 382 g/mol. The van der Waals surface area contributed by atoms with Crippen molar-refractivity contribution in [1.29, 1.82) is 0 Å². The third kappa shape index (κ3) is 3.81. The lowest BCUT2D eigenvalue weighted by Gasteiger charge is -2.21. The molecular weight excluding hydrogens is 354 g/mol. The number of benzene rings is 1. The fourth-order valence-corrected chi connectivity index (χ4v) is 3.37. The quantitative estimate of drug-likeness (QED) is 0.817. The maximum atomic E-state index is 12.2. The number of aliphatic carboxylic acids is 1. The molecule has 1 fully saturated rings. The van der Waals surface area contributed by atoms with E-state index >= 15 is 0 Å². The summed E-state index contributed by atoms with van der Waals surface area (Å²) in [6.07, 6.45) is -0.00758. The Labute approximate surface area is 166 Å². The van der Waals surface area contributed by atoms with E-state index < -0.39 is 11.9 Å². The van der Waals surface area contributed by atoms with Gasteiger partial charge < -0.3 is 14.8 Å². The molecule has 1 saturated heterocycles. The Hall–Kier alpha value is -2.63. The number of aromatic nitrogens is 2. The van der Waals surface area contributed by atoms with Gasteiger partial charge in [0.2, 0.25) is 5.91 Å². The number of carboxylic acid groups (broad SMARTS) is 1. The predicted octanol–water partition coefficient (Wildman–Crippen LogP) is 2.57. The van der Waals surface area contributed by atoms with E-state index in [1.807, 2.05) is 28.9 Å². The maximum Gasteiger partial charge on any atom is 0.227 e. The van der Waals surface area contributed by atoms with Crippen molar-refractivity contribution in [2.75, 3.05) is 11.4 Å². The van der Waals surface area contributed by atoms with Gasteiger partial charge in [-0.3, -0.25) is 4.79 Å². The van der Waals surface area contributed by atoms with Crippen LogP contribution in [0.25, 0.3) is 5.69 Å². The van der Waals surface area contributed by atoms with Gasteiger partial charge in [-0.2, -0.15) is 5.10 Å². The largest absolute Gasteiger partial charge is 0.550 e. The second-order valence-electron chi connectivity index (χ2n) is 9.57. The molecule has 6 nitrogen and oxygen atoms in total. The lowest BCUT2D eigenvalue weighted by atomic mass is 9.88. The highest BCUT2D eigenvalue weighted by atomic mass is 16.4. The van der Waals surface area contributed by atoms with Crippen LogP contribution in [0.3, 0.4) is 0 Å². The van der Waals surface area contributed by atoms with Crippen LogP contribution in [0.1, 0.15) is 59.4 Å². The normalized spacial score (nSPS) is 18.0. The van der Waals surface area contributed by atoms with Gasteiger partial charge in [-0.1, -0.05) is 41.5 Å². The molecule has 1 amide bonds. The van der Waals surface area contributed by atoms with Crippen LogP contribution in [0.15, 0.2) is 30.3 Å². The fourth-order valence-electron chi connectivity index (χ4n) is 3.37. The van der Waals surface area contributed by atoms with E-state index in [1.165, 1.54) is 4.90 Å². The summed E-state index contributed by atoms with van der Waals surface area (Å²) in [5.41, 5.74) is 3.59. The molecule has 1 aromatic carbocycles. The Kier molecular flexibility index (Phi) is 4.86. The summed E-state index contributed by atoms with van der Waals surface area (Å²) in [7, 11) is 0. The highest BCUT2D eigenvalue weighted by Gasteiger charge is 2.31. The second kappa shape index (κ2) is 6.76. The highest BCUT2D eigenvalue weighted by molar-refractivity contribution is 5.99. The summed E-state index contributed by atoms with van der Waals surface area (Å²) in [5, 5.41) is 15.9. The van der Waals surface area contributed by atoms with E-state index in [-0.39, 0.29) is 29.7 Å². The van der Waals surface area contributed by atoms with Gasteiger partial charge in [-0.25, -0.2) is 4.68 Å². The molecule has 0 aliphatic carbocycles. The van der Waals surface area contributed by atoms with Crippen LogP contribution in [0, 0.1) is 5.92 Å². The standard InChI is InChI=1S/C22H29N3O3/c1-21(2,3)17-12-18(22(4,5)6)25(23-17)16-9-7-15(8-10-16)24-13-14(20(27)28)11-19(24)26/h7-10,12,14H,11,13H2,1-6H3,(H,27,28)/p-1/t14-/m1/s1. The van der Waals surface area contributed by atoms with E-state index in [0.29, 0.717) is 5.69 Å². The molecule has 0 bridgehead atoms. The molecule has 28 heavy (non-hydrogen) atoms. The minimum absolute atomic E-state index is 0.00758. The molecule has 1 aliphatic heterocycles. The van der Waals surface area contributed by atoms with Crippen molar-refractivity contribution < 1.29 is 14.7 Å². The summed E-state index contributed by atoms with van der Waals surface area (Å²) in [6.45, 7) is 13.0. The summed E-state index contributed by atoms with van der Waals surface area (Å²) in [5.74, 6) is -2.11. The van der Waals surface area contributed by atoms with Gasteiger partial charge in [0.15, 0.2) is 0 Å². The van der Waals surface area contributed by atoms with Gasteiger partial charge in [-0.15, -0.1) is 0 Å². The summed E-state index contributed by atoms with van der Waals surface area (Å²) in [6, 6.07) is 9.68. The van der Waals surface area contributed by atoms with Crippen molar-refractivity contribution in [3.63, 3.8) is 0 Å². The molecule has 150 valence electrons. The molecule has 6 heteroatoms. The van der Waals surface area contributed by atoms with Crippen LogP contribution in [0.2, 0.25) is 0 Å². The predicted molar refractivity (Wildman–Crippen MR) is 106 cm³/mol. The molecule has 2 heterocycles. The minimum atomic E-state index is -1.17. The van der Waals surface area contributed by atoms with Crippen molar-refractivity contribution in [2.24, 2.45) is 5.92 Å². The zero-order chi connectivity index (χ0) is 20.9. The lowest BCUT2D eigenvalue weighted by Crippen LogP contribution is -2.33. The molecule has 0 radical (unpaired) electrons. The summed E-state index contributed by atoms with van der Waals surface area (Å²) in [4.78, 5) is 24.7. The van der Waals surface area contributed by atoms with E-state index in [2.05, 4.69) is 47.6 Å². The van der Waals surface area contributed by atoms with Crippen LogP contribution >= 0.6 is 0 Å². The van der Waals surface area contributed by atoms with Gasteiger partial charge in [0.1, 0.15) is 0 Å². The first kappa shape index (κ1) is 20.1. The Morgan fingerprint density at radius 3 is 2.07 bits per heavy atom. The number of amides is 1. The third-order valence-electron chi connectivity index (χ3n) is 5.11. The average molecular weight is 382 g/mol. The SMILES string of the molecule is CC(C)(C)c1cc(C(C)(C)C)n(-c2ccc(N3C[C@H](C(=O)[O-])CC3=O)cc2)n1. The fraction of sp³-hybridized carbons (Fsp3) is 0.500. The van der Waals surface area contributed by atoms with Crippen molar-refractivity contribution in [3.8, 4) is 5.69 Å². The summed E-state index contributed by atoms with van der Waals surface area (Å²) < 4.78 is 1.96. The molecule has 1 aliphatic rings. The lowest BCUT2D eigenvalue weighted by molar-refractivity contribution is -0.310. The Morgan fingerprint density at radius 1 is 1.04 bits per heavy atom. The van der Waals surface area contributed by atoms with Gasteiger partial charge >= 0.3 is 0 Å². The Balaban J connectivity index is 1.95. The number of carbonyl (C=O) groups excluding carboxylic acids is 2. The van der Waals surface area contributed by atoms with Gasteiger partial charge in [-0.05, 0) is 30.3 Å². The number of anilines is 1. The minimum Gasteiger partial charge on any atom is -0.550 e. The molecule has 0 saturated carbocycles. The number of carboxylic acids is 1. The van der Waals surface area contributed by atoms with Crippen LogP contribution in [0.5, 0.6) is 0 Å². The number of rotatable bonds is 3. The smallest absolute Gasteiger partial charge is 0.227 e. The molecule has 0 spiro atoms. The molecule has 0 unspecified atom stereocenters. The zero-order valence-electron chi connectivity index (χ0n) is 17.4. The first-order chi connectivity index (χ1) is 12.9. The summed E-state index contributed by atoms with van der Waals surface area (Å²) >= 11 is 0. The van der Waals surface area contributed by atoms with Crippen LogP contribution < -0.4 is 10.0 Å². The second-order valence-corrected chi connectivity index (χ2v) is 9.57. The Morgan fingerprint density at radius 2 is 1.61 bits per heavy atom. The molecule has 3 rings (SSSR count).